The van der Waals surface area contributed by atoms with E-state index in [0.29, 0.717) is 17.9 Å². The van der Waals surface area contributed by atoms with Crippen molar-refractivity contribution < 1.29 is 4.74 Å². The highest BCUT2D eigenvalue weighted by Crippen LogP contribution is 2.31. The van der Waals surface area contributed by atoms with Crippen molar-refractivity contribution in [3.05, 3.63) is 53.6 Å². The van der Waals surface area contributed by atoms with Crippen LogP contribution in [-0.2, 0) is 11.8 Å². The molecule has 5 rings (SSSR count). The second kappa shape index (κ2) is 8.30. The fraction of sp³-hybridized carbons (Fsp3) is 0.360. The average Bonchev–Trinajstić information content (AvgIpc) is 3.47. The molecule has 0 bridgehead atoms. The Morgan fingerprint density at radius 2 is 2.12 bits per heavy atom. The third-order valence-electron chi connectivity index (χ3n) is 6.48. The summed E-state index contributed by atoms with van der Waals surface area (Å²) < 4.78 is 9.64. The van der Waals surface area contributed by atoms with Gasteiger partial charge in [0.1, 0.15) is 11.6 Å². The van der Waals surface area contributed by atoms with Crippen LogP contribution in [0.15, 0.2) is 36.7 Å². The molecule has 0 saturated carbocycles. The maximum Gasteiger partial charge on any atom is 0.134 e. The fourth-order valence-corrected chi connectivity index (χ4v) is 4.66. The third kappa shape index (κ3) is 3.62. The Morgan fingerprint density at radius 1 is 1.25 bits per heavy atom. The van der Waals surface area contributed by atoms with E-state index in [9.17, 15) is 0 Å². The van der Waals surface area contributed by atoms with Crippen LogP contribution in [0.25, 0.3) is 21.9 Å². The first kappa shape index (κ1) is 20.6. The van der Waals surface area contributed by atoms with E-state index in [-0.39, 0.29) is 0 Å². The lowest BCUT2D eigenvalue weighted by atomic mass is 10.1. The van der Waals surface area contributed by atoms with Gasteiger partial charge in [0.05, 0.1) is 27.5 Å². The number of ether oxygens (including phenoxy) is 1. The molecule has 32 heavy (non-hydrogen) atoms. The molecule has 3 aromatic heterocycles. The molecule has 3 N–H and O–H groups in total. The Labute approximate surface area is 187 Å². The van der Waals surface area contributed by atoms with Crippen LogP contribution in [0.4, 0.5) is 5.82 Å². The number of hydrogen-bond acceptors (Lipinski definition) is 5. The van der Waals surface area contributed by atoms with Gasteiger partial charge in [0, 0.05) is 57.3 Å². The van der Waals surface area contributed by atoms with Gasteiger partial charge in [-0.15, -0.1) is 0 Å². The summed E-state index contributed by atoms with van der Waals surface area (Å²) in [6.45, 7) is 3.70. The number of nitrogen functional groups attached to an aromatic ring is 1. The summed E-state index contributed by atoms with van der Waals surface area (Å²) in [5.74, 6) is 8.17. The van der Waals surface area contributed by atoms with Gasteiger partial charge in [0.2, 0.25) is 0 Å². The smallest absolute Gasteiger partial charge is 0.134 e. The maximum absolute atomic E-state index is 6.29. The zero-order valence-electron chi connectivity index (χ0n) is 18.7. The lowest BCUT2D eigenvalue weighted by Crippen LogP contribution is -2.22. The Hall–Kier alpha value is -3.34. The van der Waals surface area contributed by atoms with Gasteiger partial charge in [-0.25, -0.2) is 9.97 Å². The summed E-state index contributed by atoms with van der Waals surface area (Å²) in [6, 6.07) is 8.99. The van der Waals surface area contributed by atoms with E-state index in [1.54, 1.807) is 13.3 Å². The van der Waals surface area contributed by atoms with Gasteiger partial charge in [-0.3, -0.25) is 0 Å². The molecular weight excluding hydrogens is 400 g/mol. The van der Waals surface area contributed by atoms with Gasteiger partial charge in [-0.2, -0.15) is 0 Å². The van der Waals surface area contributed by atoms with Crippen LogP contribution in [0, 0.1) is 18.8 Å². The number of aromatic nitrogens is 4. The Kier molecular flexibility index (Phi) is 5.33. The first-order chi connectivity index (χ1) is 15.5. The summed E-state index contributed by atoms with van der Waals surface area (Å²) in [4.78, 5) is 8.95. The Morgan fingerprint density at radius 3 is 2.97 bits per heavy atom. The highest BCUT2D eigenvalue weighted by atomic mass is 16.5. The second-order valence-electron chi connectivity index (χ2n) is 8.49. The molecular formula is C25H28N6O. The summed E-state index contributed by atoms with van der Waals surface area (Å²) >= 11 is 0. The van der Waals surface area contributed by atoms with Crippen LogP contribution in [0.5, 0.6) is 0 Å². The predicted octanol–water partition coefficient (Wildman–Crippen LogP) is 3.15. The molecule has 1 aliphatic heterocycles. The molecule has 164 valence electrons. The van der Waals surface area contributed by atoms with E-state index in [2.05, 4.69) is 48.5 Å². The summed E-state index contributed by atoms with van der Waals surface area (Å²) in [7, 11) is 3.78. The number of benzene rings is 1. The van der Waals surface area contributed by atoms with E-state index >= 15 is 0 Å². The number of imidazole rings is 1. The molecule has 7 heteroatoms. The number of nitrogens with one attached hydrogen (secondary N) is 1. The summed E-state index contributed by atoms with van der Waals surface area (Å²) in [5.41, 5.74) is 11.3. The van der Waals surface area contributed by atoms with Gasteiger partial charge >= 0.3 is 0 Å². The van der Waals surface area contributed by atoms with Crippen molar-refractivity contribution in [1.29, 1.82) is 0 Å². The van der Waals surface area contributed by atoms with Crippen LogP contribution >= 0.6 is 0 Å². The fourth-order valence-electron chi connectivity index (χ4n) is 4.66. The number of methoxy groups -OCH3 is 1. The number of nitrogens with two attached hydrogens (primary N) is 1. The number of fused-ring (bicyclic) bond motifs is 2. The minimum absolute atomic E-state index is 0.351. The zero-order chi connectivity index (χ0) is 22.2. The molecule has 1 aliphatic rings. The van der Waals surface area contributed by atoms with Crippen molar-refractivity contribution in [1.82, 2.24) is 24.4 Å². The number of pyridine rings is 1. The summed E-state index contributed by atoms with van der Waals surface area (Å²) in [5, 5.41) is 4.54. The van der Waals surface area contributed by atoms with E-state index in [4.69, 9.17) is 10.5 Å². The number of anilines is 1. The molecule has 1 aromatic carbocycles. The van der Waals surface area contributed by atoms with Crippen molar-refractivity contribution in [2.75, 3.05) is 26.0 Å². The van der Waals surface area contributed by atoms with Gasteiger partial charge < -0.3 is 24.9 Å². The summed E-state index contributed by atoms with van der Waals surface area (Å²) in [6.07, 6.45) is 5.97. The largest absolute Gasteiger partial charge is 0.385 e. The van der Waals surface area contributed by atoms with Crippen molar-refractivity contribution in [2.24, 2.45) is 7.05 Å². The molecule has 0 spiro atoms. The normalized spacial score (nSPS) is 18.3. The SMILES string of the molecule is COCC[C@H]1C[C@H](n2cc(C#Cc3ccc4c(c3)nc(C)n4C)c3c(N)nccc32)CN1. The van der Waals surface area contributed by atoms with E-state index < -0.39 is 0 Å². The third-order valence-corrected chi connectivity index (χ3v) is 6.48. The molecule has 4 aromatic rings. The van der Waals surface area contributed by atoms with Crippen molar-refractivity contribution in [3.63, 3.8) is 0 Å². The Bertz CT molecular complexity index is 1360. The monoisotopic (exact) mass is 428 g/mol. The van der Waals surface area contributed by atoms with Crippen molar-refractivity contribution in [3.8, 4) is 11.8 Å². The average molecular weight is 429 g/mol. The molecule has 0 unspecified atom stereocenters. The van der Waals surface area contributed by atoms with E-state index in [1.807, 2.05) is 32.2 Å². The zero-order valence-corrected chi connectivity index (χ0v) is 18.7. The highest BCUT2D eigenvalue weighted by Gasteiger charge is 2.27. The molecule has 7 nitrogen and oxygen atoms in total. The van der Waals surface area contributed by atoms with Crippen molar-refractivity contribution >= 4 is 27.8 Å². The van der Waals surface area contributed by atoms with Crippen LogP contribution in [0.1, 0.15) is 35.8 Å². The Balaban J connectivity index is 1.50. The standard InChI is InChI=1S/C25H28N6O/c1-16-29-21-12-17(5-7-22(21)30(16)2)4-6-18-15-31(23-8-10-27-25(26)24(18)23)20-13-19(28-14-20)9-11-32-3/h5,7-8,10,12,15,19-20,28H,9,11,13-14H2,1-3H3,(H2,26,27)/t19-,20-/m0/s1. The van der Waals surface area contributed by atoms with Crippen molar-refractivity contribution in [2.45, 2.75) is 31.8 Å². The number of rotatable bonds is 4. The lowest BCUT2D eigenvalue weighted by Gasteiger charge is -2.13. The molecule has 0 amide bonds. The van der Waals surface area contributed by atoms with Crippen LogP contribution < -0.4 is 11.1 Å². The topological polar surface area (TPSA) is 82.9 Å². The lowest BCUT2D eigenvalue weighted by molar-refractivity contribution is 0.185. The van der Waals surface area contributed by atoms with Gasteiger partial charge in [-0.1, -0.05) is 11.8 Å². The highest BCUT2D eigenvalue weighted by molar-refractivity contribution is 5.95. The molecule has 0 aliphatic carbocycles. The minimum atomic E-state index is 0.351. The number of hydrogen-bond donors (Lipinski definition) is 2. The van der Waals surface area contributed by atoms with Gasteiger partial charge in [0.25, 0.3) is 0 Å². The molecule has 4 heterocycles. The molecule has 2 atom stereocenters. The quantitative estimate of drug-likeness (QED) is 0.488. The van der Waals surface area contributed by atoms with Gasteiger partial charge in [-0.05, 0) is 44.0 Å². The van der Waals surface area contributed by atoms with Gasteiger partial charge in [0.15, 0.2) is 0 Å². The van der Waals surface area contributed by atoms with Crippen LogP contribution in [0.3, 0.4) is 0 Å². The van der Waals surface area contributed by atoms with Crippen LogP contribution in [-0.4, -0.2) is 45.4 Å². The van der Waals surface area contributed by atoms with E-state index in [1.165, 1.54) is 0 Å². The first-order valence-corrected chi connectivity index (χ1v) is 11.0. The van der Waals surface area contributed by atoms with E-state index in [0.717, 1.165) is 64.9 Å². The molecule has 1 fully saturated rings. The first-order valence-electron chi connectivity index (χ1n) is 11.0. The molecule has 0 radical (unpaired) electrons. The van der Waals surface area contributed by atoms with Crippen LogP contribution in [0.2, 0.25) is 0 Å². The number of aryl methyl sites for hydroxylation is 2. The predicted molar refractivity (Wildman–Crippen MR) is 128 cm³/mol. The number of nitrogens with zero attached hydrogens (tertiary/aromatic N) is 4. The molecule has 1 saturated heterocycles. The minimum Gasteiger partial charge on any atom is -0.385 e. The second-order valence-corrected chi connectivity index (χ2v) is 8.49. The maximum atomic E-state index is 6.29.